The maximum Gasteiger partial charge on any atom is 0.259 e. The molecule has 31 heavy (non-hydrogen) atoms. The van der Waals surface area contributed by atoms with Crippen molar-refractivity contribution in [1.82, 2.24) is 20.4 Å². The molecule has 1 N–H and O–H groups in total. The molecule has 0 radical (unpaired) electrons. The van der Waals surface area contributed by atoms with E-state index in [2.05, 4.69) is 15.5 Å². The number of aromatic nitrogens is 2. The van der Waals surface area contributed by atoms with Gasteiger partial charge in [-0.05, 0) is 50.8 Å². The number of likely N-dealkylation sites (tertiary alicyclic amines) is 1. The highest BCUT2D eigenvalue weighted by molar-refractivity contribution is 6.06. The predicted molar refractivity (Wildman–Crippen MR) is 116 cm³/mol. The lowest BCUT2D eigenvalue weighted by Gasteiger charge is -2.32. The Hall–Kier alpha value is -3.22. The quantitative estimate of drug-likeness (QED) is 0.696. The Bertz CT molecular complexity index is 1150. The van der Waals surface area contributed by atoms with E-state index in [-0.39, 0.29) is 17.7 Å². The number of amides is 2. The third kappa shape index (κ3) is 3.69. The molecule has 1 aromatic carbocycles. The number of aryl methyl sites for hydroxylation is 1. The van der Waals surface area contributed by atoms with Gasteiger partial charge in [-0.25, -0.2) is 4.98 Å². The Morgan fingerprint density at radius 1 is 1.13 bits per heavy atom. The summed E-state index contributed by atoms with van der Waals surface area (Å²) >= 11 is 0. The van der Waals surface area contributed by atoms with E-state index in [1.165, 1.54) is 0 Å². The second-order valence-corrected chi connectivity index (χ2v) is 8.65. The fourth-order valence-electron chi connectivity index (χ4n) is 4.44. The molecule has 2 aliphatic rings. The zero-order valence-electron chi connectivity index (χ0n) is 17.9. The molecule has 160 valence electrons. The molecule has 1 aliphatic heterocycles. The Balaban J connectivity index is 1.48. The van der Waals surface area contributed by atoms with Gasteiger partial charge in [0, 0.05) is 43.2 Å². The number of rotatable bonds is 4. The predicted octanol–water partition coefficient (Wildman–Crippen LogP) is 3.79. The molecule has 1 saturated carbocycles. The molecule has 2 amide bonds. The number of nitrogens with one attached hydrogen (secondary N) is 1. The highest BCUT2D eigenvalue weighted by atomic mass is 16.5. The van der Waals surface area contributed by atoms with Gasteiger partial charge in [0.25, 0.3) is 17.5 Å². The third-order valence-corrected chi connectivity index (χ3v) is 6.35. The number of hydrogen-bond donors (Lipinski definition) is 1. The number of hydrogen-bond acceptors (Lipinski definition) is 5. The minimum atomic E-state index is -0.165. The molecule has 3 aromatic rings. The monoisotopic (exact) mass is 418 g/mol. The molecule has 7 nitrogen and oxygen atoms in total. The number of pyridine rings is 1. The van der Waals surface area contributed by atoms with Crippen LogP contribution in [0, 0.1) is 6.92 Å². The molecule has 2 fully saturated rings. The van der Waals surface area contributed by atoms with Crippen LogP contribution in [-0.4, -0.2) is 47.0 Å². The summed E-state index contributed by atoms with van der Waals surface area (Å²) in [7, 11) is 1.63. The largest absolute Gasteiger partial charge is 0.355 e. The van der Waals surface area contributed by atoms with Crippen molar-refractivity contribution >= 4 is 22.9 Å². The summed E-state index contributed by atoms with van der Waals surface area (Å²) < 4.78 is 5.61. The van der Waals surface area contributed by atoms with Gasteiger partial charge in [0.1, 0.15) is 0 Å². The van der Waals surface area contributed by atoms with Crippen LogP contribution in [0.15, 0.2) is 34.9 Å². The van der Waals surface area contributed by atoms with Gasteiger partial charge in [0.15, 0.2) is 0 Å². The summed E-state index contributed by atoms with van der Waals surface area (Å²) in [6.45, 7) is 3.27. The topological polar surface area (TPSA) is 88.3 Å². The number of benzene rings is 1. The Morgan fingerprint density at radius 3 is 2.61 bits per heavy atom. The van der Waals surface area contributed by atoms with Crippen molar-refractivity contribution < 1.29 is 14.1 Å². The van der Waals surface area contributed by atoms with Crippen molar-refractivity contribution in [1.29, 1.82) is 0 Å². The molecular weight excluding hydrogens is 392 g/mol. The summed E-state index contributed by atoms with van der Waals surface area (Å²) in [5.41, 5.74) is 4.42. The summed E-state index contributed by atoms with van der Waals surface area (Å²) in [6.07, 6.45) is 3.94. The Morgan fingerprint density at radius 2 is 1.90 bits per heavy atom. The lowest BCUT2D eigenvalue weighted by Crippen LogP contribution is -2.39. The summed E-state index contributed by atoms with van der Waals surface area (Å²) in [6, 6.07) is 9.55. The maximum atomic E-state index is 13.0. The average molecular weight is 418 g/mol. The van der Waals surface area contributed by atoms with Crippen LogP contribution in [0.1, 0.15) is 75.2 Å². The molecule has 1 atom stereocenters. The van der Waals surface area contributed by atoms with E-state index >= 15 is 0 Å². The molecule has 2 aromatic heterocycles. The van der Waals surface area contributed by atoms with Crippen LogP contribution in [0.4, 0.5) is 0 Å². The summed E-state index contributed by atoms with van der Waals surface area (Å²) in [5.74, 6) is 0.264. The van der Waals surface area contributed by atoms with Crippen LogP contribution in [0.5, 0.6) is 0 Å². The van der Waals surface area contributed by atoms with Crippen LogP contribution >= 0.6 is 0 Å². The molecule has 1 saturated heterocycles. The third-order valence-electron chi connectivity index (χ3n) is 6.35. The second-order valence-electron chi connectivity index (χ2n) is 8.65. The highest BCUT2D eigenvalue weighted by Gasteiger charge is 2.33. The molecule has 0 bridgehead atoms. The molecule has 7 heteroatoms. The van der Waals surface area contributed by atoms with Crippen molar-refractivity contribution in [2.45, 2.75) is 44.4 Å². The number of carbonyl (C=O) groups excluding carboxylic acids is 2. The first-order valence-electron chi connectivity index (χ1n) is 10.9. The van der Waals surface area contributed by atoms with Gasteiger partial charge in [-0.2, -0.15) is 0 Å². The van der Waals surface area contributed by atoms with Gasteiger partial charge in [-0.3, -0.25) is 9.59 Å². The summed E-state index contributed by atoms with van der Waals surface area (Å²) in [4.78, 5) is 32.2. The minimum Gasteiger partial charge on any atom is -0.355 e. The smallest absolute Gasteiger partial charge is 0.259 e. The van der Waals surface area contributed by atoms with Gasteiger partial charge in [-0.1, -0.05) is 22.9 Å². The van der Waals surface area contributed by atoms with Crippen molar-refractivity contribution in [2.75, 3.05) is 20.1 Å². The van der Waals surface area contributed by atoms with Gasteiger partial charge in [-0.15, -0.1) is 0 Å². The normalized spacial score (nSPS) is 18.9. The van der Waals surface area contributed by atoms with Crippen molar-refractivity contribution in [3.05, 3.63) is 58.4 Å². The van der Waals surface area contributed by atoms with E-state index in [0.717, 1.165) is 42.6 Å². The minimum absolute atomic E-state index is 0.00128. The Kier molecular flexibility index (Phi) is 4.96. The van der Waals surface area contributed by atoms with Crippen molar-refractivity contribution in [3.63, 3.8) is 0 Å². The average Bonchev–Trinajstić information content (AvgIpc) is 3.57. The highest BCUT2D eigenvalue weighted by Crippen LogP contribution is 2.41. The first-order valence-corrected chi connectivity index (χ1v) is 10.9. The Labute approximate surface area is 180 Å². The van der Waals surface area contributed by atoms with Crippen LogP contribution in [0.2, 0.25) is 0 Å². The number of piperidine rings is 1. The van der Waals surface area contributed by atoms with E-state index in [1.807, 2.05) is 42.2 Å². The first kappa shape index (κ1) is 19.7. The number of nitrogens with zero attached hydrogens (tertiary/aromatic N) is 3. The van der Waals surface area contributed by atoms with Crippen LogP contribution in [0.3, 0.4) is 0 Å². The molecule has 1 aliphatic carbocycles. The number of carbonyl (C=O) groups is 2. The van der Waals surface area contributed by atoms with E-state index in [0.29, 0.717) is 41.2 Å². The molecular formula is C24H26N4O3. The van der Waals surface area contributed by atoms with E-state index < -0.39 is 0 Å². The SMILES string of the molecule is CNC(=O)c1cc(C2CC2)nc2onc(C3CCCN(C(=O)c4ccc(C)cc4)C3)c12. The standard InChI is InChI=1S/C24H26N4O3/c1-14-5-7-16(8-6-14)24(30)28-11-3-4-17(13-28)21-20-18(22(29)25-2)12-19(15-9-10-15)26-23(20)31-27-21/h5-8,12,15,17H,3-4,9-11,13H2,1-2H3,(H,25,29). The van der Waals surface area contributed by atoms with Crippen molar-refractivity contribution in [3.8, 4) is 0 Å². The van der Waals surface area contributed by atoms with E-state index in [4.69, 9.17) is 4.52 Å². The lowest BCUT2D eigenvalue weighted by molar-refractivity contribution is 0.0704. The summed E-state index contributed by atoms with van der Waals surface area (Å²) in [5, 5.41) is 7.75. The van der Waals surface area contributed by atoms with Crippen molar-refractivity contribution in [2.24, 2.45) is 0 Å². The first-order chi connectivity index (χ1) is 15.0. The molecule has 5 rings (SSSR count). The van der Waals surface area contributed by atoms with Gasteiger partial charge in [0.2, 0.25) is 0 Å². The van der Waals surface area contributed by atoms with Crippen LogP contribution < -0.4 is 5.32 Å². The van der Waals surface area contributed by atoms with E-state index in [9.17, 15) is 9.59 Å². The second kappa shape index (κ2) is 7.80. The fourth-order valence-corrected chi connectivity index (χ4v) is 4.44. The molecule has 0 spiro atoms. The van der Waals surface area contributed by atoms with Crippen LogP contribution in [-0.2, 0) is 0 Å². The van der Waals surface area contributed by atoms with Crippen LogP contribution in [0.25, 0.3) is 11.1 Å². The van der Waals surface area contributed by atoms with Gasteiger partial charge < -0.3 is 14.7 Å². The fraction of sp³-hybridized carbons (Fsp3) is 0.417. The zero-order chi connectivity index (χ0) is 21.5. The maximum absolute atomic E-state index is 13.0. The molecule has 3 heterocycles. The number of fused-ring (bicyclic) bond motifs is 1. The van der Waals surface area contributed by atoms with E-state index in [1.54, 1.807) is 7.05 Å². The molecule has 1 unspecified atom stereocenters. The lowest BCUT2D eigenvalue weighted by atomic mass is 9.91. The zero-order valence-corrected chi connectivity index (χ0v) is 17.9. The van der Waals surface area contributed by atoms with Gasteiger partial charge >= 0.3 is 0 Å². The van der Waals surface area contributed by atoms with Gasteiger partial charge in [0.05, 0.1) is 16.6 Å².